The normalized spacial score (nSPS) is 10.2. The number of aromatic amines is 1. The van der Waals surface area contributed by atoms with E-state index in [9.17, 15) is 0 Å². The molecular weight excluding hydrogens is 152 g/mol. The molecule has 0 saturated heterocycles. The number of rotatable bonds is 5. The van der Waals surface area contributed by atoms with E-state index in [0.717, 1.165) is 19.4 Å². The van der Waals surface area contributed by atoms with Gasteiger partial charge in [0.15, 0.2) is 0 Å². The fraction of sp³-hybridized carbons (Fsp3) is 0.556. The first kappa shape index (κ1) is 9.13. The topological polar surface area (TPSA) is 39.3 Å². The lowest BCUT2D eigenvalue weighted by Gasteiger charge is -2.16. The van der Waals surface area contributed by atoms with Crippen LogP contribution in [0, 0.1) is 0 Å². The minimum absolute atomic E-state index is 0.293. The molecule has 0 aliphatic rings. The Labute approximate surface area is 73.0 Å². The van der Waals surface area contributed by atoms with Crippen molar-refractivity contribution in [3.05, 3.63) is 18.5 Å². The van der Waals surface area contributed by atoms with Gasteiger partial charge in [-0.2, -0.15) is 0 Å². The molecule has 12 heavy (non-hydrogen) atoms. The Morgan fingerprint density at radius 3 is 2.92 bits per heavy atom. The van der Waals surface area contributed by atoms with Gasteiger partial charge in [0.25, 0.3) is 0 Å². The van der Waals surface area contributed by atoms with Gasteiger partial charge < -0.3 is 15.0 Å². The van der Waals surface area contributed by atoms with Crippen molar-refractivity contribution in [2.75, 3.05) is 25.1 Å². The summed E-state index contributed by atoms with van der Waals surface area (Å²) in [4.78, 5) is 5.18. The van der Waals surface area contributed by atoms with Crippen LogP contribution in [0.3, 0.4) is 0 Å². The molecule has 0 aliphatic heterocycles. The number of H-pyrrole nitrogens is 1. The highest BCUT2D eigenvalue weighted by molar-refractivity contribution is 5.42. The average Bonchev–Trinajstić information content (AvgIpc) is 2.56. The fourth-order valence-corrected chi connectivity index (χ4v) is 1.14. The van der Waals surface area contributed by atoms with Crippen molar-refractivity contribution >= 4 is 5.69 Å². The number of nitrogens with zero attached hydrogens (tertiary/aromatic N) is 1. The van der Waals surface area contributed by atoms with Crippen molar-refractivity contribution in [2.24, 2.45) is 0 Å². The second-order valence-electron chi connectivity index (χ2n) is 2.92. The van der Waals surface area contributed by atoms with Crippen LogP contribution in [-0.2, 0) is 0 Å². The largest absolute Gasteiger partial charge is 0.396 e. The summed E-state index contributed by atoms with van der Waals surface area (Å²) in [7, 11) is 2.06. The highest BCUT2D eigenvalue weighted by Crippen LogP contribution is 2.10. The van der Waals surface area contributed by atoms with Gasteiger partial charge in [-0.05, 0) is 18.9 Å². The second kappa shape index (κ2) is 4.83. The van der Waals surface area contributed by atoms with Crippen molar-refractivity contribution in [3.63, 3.8) is 0 Å². The van der Waals surface area contributed by atoms with Gasteiger partial charge in [-0.1, -0.05) is 0 Å². The summed E-state index contributed by atoms with van der Waals surface area (Å²) >= 11 is 0. The third kappa shape index (κ3) is 2.58. The number of nitrogens with one attached hydrogen (secondary N) is 1. The molecule has 0 amide bonds. The number of hydrogen-bond acceptors (Lipinski definition) is 2. The van der Waals surface area contributed by atoms with Gasteiger partial charge in [-0.3, -0.25) is 0 Å². The first-order valence-electron chi connectivity index (χ1n) is 4.29. The van der Waals surface area contributed by atoms with Crippen LogP contribution in [0.1, 0.15) is 12.8 Å². The van der Waals surface area contributed by atoms with Crippen molar-refractivity contribution in [2.45, 2.75) is 12.8 Å². The van der Waals surface area contributed by atoms with Crippen molar-refractivity contribution in [1.29, 1.82) is 0 Å². The van der Waals surface area contributed by atoms with E-state index in [1.807, 2.05) is 18.5 Å². The maximum atomic E-state index is 8.59. The van der Waals surface area contributed by atoms with Crippen LogP contribution in [0.2, 0.25) is 0 Å². The monoisotopic (exact) mass is 168 g/mol. The molecule has 0 aliphatic carbocycles. The zero-order valence-electron chi connectivity index (χ0n) is 7.45. The summed E-state index contributed by atoms with van der Waals surface area (Å²) in [5.74, 6) is 0. The summed E-state index contributed by atoms with van der Waals surface area (Å²) in [6.45, 7) is 1.29. The van der Waals surface area contributed by atoms with Gasteiger partial charge >= 0.3 is 0 Å². The molecule has 0 saturated carbocycles. The minimum atomic E-state index is 0.293. The summed E-state index contributed by atoms with van der Waals surface area (Å²) in [5.41, 5.74) is 1.20. The molecule has 0 atom stereocenters. The second-order valence-corrected chi connectivity index (χ2v) is 2.92. The SMILES string of the molecule is CN(CCCCO)c1cc[nH]c1. The summed E-state index contributed by atoms with van der Waals surface area (Å²) in [5, 5.41) is 8.59. The summed E-state index contributed by atoms with van der Waals surface area (Å²) in [6, 6.07) is 2.04. The Hall–Kier alpha value is -0.960. The molecule has 1 aromatic rings. The first-order chi connectivity index (χ1) is 5.84. The van der Waals surface area contributed by atoms with E-state index in [1.54, 1.807) is 0 Å². The molecule has 3 nitrogen and oxygen atoms in total. The zero-order chi connectivity index (χ0) is 8.81. The van der Waals surface area contributed by atoms with E-state index in [2.05, 4.69) is 16.9 Å². The number of hydrogen-bond donors (Lipinski definition) is 2. The predicted octanol–water partition coefficient (Wildman–Crippen LogP) is 1.22. The molecule has 1 rings (SSSR count). The standard InChI is InChI=1S/C9H16N2O/c1-11(6-2-3-7-12)9-4-5-10-8-9/h4-5,8,10,12H,2-3,6-7H2,1H3. The lowest BCUT2D eigenvalue weighted by molar-refractivity contribution is 0.285. The number of unbranched alkanes of at least 4 members (excludes halogenated alkanes) is 1. The average molecular weight is 168 g/mol. The van der Waals surface area contributed by atoms with Crippen LogP contribution in [0.4, 0.5) is 5.69 Å². The molecule has 0 unspecified atom stereocenters. The summed E-state index contributed by atoms with van der Waals surface area (Å²) < 4.78 is 0. The van der Waals surface area contributed by atoms with Crippen molar-refractivity contribution in [3.8, 4) is 0 Å². The molecular formula is C9H16N2O. The number of anilines is 1. The molecule has 3 heteroatoms. The Morgan fingerprint density at radius 1 is 1.50 bits per heavy atom. The zero-order valence-corrected chi connectivity index (χ0v) is 7.45. The summed E-state index contributed by atoms with van der Waals surface area (Å²) in [6.07, 6.45) is 5.81. The molecule has 0 bridgehead atoms. The van der Waals surface area contributed by atoms with E-state index in [1.165, 1.54) is 5.69 Å². The van der Waals surface area contributed by atoms with Gasteiger partial charge in [0, 0.05) is 32.6 Å². The minimum Gasteiger partial charge on any atom is -0.396 e. The van der Waals surface area contributed by atoms with Gasteiger partial charge in [-0.25, -0.2) is 0 Å². The highest BCUT2D eigenvalue weighted by atomic mass is 16.2. The predicted molar refractivity (Wildman–Crippen MR) is 50.4 cm³/mol. The molecule has 0 spiro atoms. The van der Waals surface area contributed by atoms with Gasteiger partial charge in [0.2, 0.25) is 0 Å². The van der Waals surface area contributed by atoms with E-state index in [-0.39, 0.29) is 0 Å². The maximum Gasteiger partial charge on any atom is 0.0541 e. The van der Waals surface area contributed by atoms with E-state index >= 15 is 0 Å². The van der Waals surface area contributed by atoms with E-state index in [0.29, 0.717) is 6.61 Å². The van der Waals surface area contributed by atoms with Crippen molar-refractivity contribution < 1.29 is 5.11 Å². The van der Waals surface area contributed by atoms with E-state index in [4.69, 9.17) is 5.11 Å². The highest BCUT2D eigenvalue weighted by Gasteiger charge is 1.98. The van der Waals surface area contributed by atoms with Gasteiger partial charge in [0.1, 0.15) is 0 Å². The van der Waals surface area contributed by atoms with Crippen molar-refractivity contribution in [1.82, 2.24) is 4.98 Å². The van der Waals surface area contributed by atoms with Crippen LogP contribution in [0.25, 0.3) is 0 Å². The molecule has 68 valence electrons. The molecule has 2 N–H and O–H groups in total. The molecule has 0 fully saturated rings. The molecule has 1 heterocycles. The smallest absolute Gasteiger partial charge is 0.0541 e. The quantitative estimate of drug-likeness (QED) is 0.649. The fourth-order valence-electron chi connectivity index (χ4n) is 1.14. The maximum absolute atomic E-state index is 8.59. The first-order valence-corrected chi connectivity index (χ1v) is 4.29. The molecule has 0 aromatic carbocycles. The van der Waals surface area contributed by atoms with Crippen LogP contribution in [0.15, 0.2) is 18.5 Å². The number of aromatic nitrogens is 1. The van der Waals surface area contributed by atoms with Crippen LogP contribution in [0.5, 0.6) is 0 Å². The molecule has 1 aromatic heterocycles. The lowest BCUT2D eigenvalue weighted by Crippen LogP contribution is -2.17. The lowest BCUT2D eigenvalue weighted by atomic mass is 10.3. The third-order valence-electron chi connectivity index (χ3n) is 1.92. The van der Waals surface area contributed by atoms with Crippen LogP contribution >= 0.6 is 0 Å². The van der Waals surface area contributed by atoms with Crippen LogP contribution < -0.4 is 4.90 Å². The number of aliphatic hydroxyl groups excluding tert-OH is 1. The van der Waals surface area contributed by atoms with Crippen LogP contribution in [-0.4, -0.2) is 30.3 Å². The Kier molecular flexibility index (Phi) is 3.67. The van der Waals surface area contributed by atoms with Gasteiger partial charge in [0.05, 0.1) is 5.69 Å². The third-order valence-corrected chi connectivity index (χ3v) is 1.92. The number of aliphatic hydroxyl groups is 1. The molecule has 0 radical (unpaired) electrons. The Bertz CT molecular complexity index is 196. The van der Waals surface area contributed by atoms with Gasteiger partial charge in [-0.15, -0.1) is 0 Å². The van der Waals surface area contributed by atoms with E-state index < -0.39 is 0 Å². The Balaban J connectivity index is 2.25. The Morgan fingerprint density at radius 2 is 2.33 bits per heavy atom.